The summed E-state index contributed by atoms with van der Waals surface area (Å²) in [5.74, 6) is -1.58. The van der Waals surface area contributed by atoms with Gasteiger partial charge in [0.1, 0.15) is 5.76 Å². The molecule has 1 aliphatic heterocycles. The fraction of sp³-hybridized carbons (Fsp3) is 0.167. The van der Waals surface area contributed by atoms with Gasteiger partial charge in [0.25, 0.3) is 11.7 Å². The fourth-order valence-corrected chi connectivity index (χ4v) is 4.00. The Bertz CT molecular complexity index is 1150. The van der Waals surface area contributed by atoms with Gasteiger partial charge >= 0.3 is 0 Å². The van der Waals surface area contributed by atoms with Gasteiger partial charge in [-0.25, -0.2) is 0 Å². The summed E-state index contributed by atoms with van der Waals surface area (Å²) in [6.45, 7) is 0.502. The maximum Gasteiger partial charge on any atom is 0.295 e. The number of carbonyl (C=O) groups excluding carboxylic acids is 2. The molecule has 0 unspecified atom stereocenters. The Morgan fingerprint density at radius 3 is 2.47 bits per heavy atom. The normalized spacial score (nSPS) is 18.3. The number of hydrogen-bond donors (Lipinski definition) is 1. The molecule has 1 atom stereocenters. The number of benzene rings is 3. The molecule has 0 aliphatic carbocycles. The lowest BCUT2D eigenvalue weighted by Gasteiger charge is -2.26. The standard InChI is InChI=1S/C24H20ClNO4/c1-30-14-13-26-21(19-8-4-6-15-5-2-3-7-18(15)19)20(23(28)24(26)29)22(27)16-9-11-17(25)12-10-16/h2-12,21,27H,13-14H2,1H3/b22-20+/t21-/m1/s1. The van der Waals surface area contributed by atoms with Crippen molar-refractivity contribution in [2.75, 3.05) is 20.3 Å². The number of halogens is 1. The minimum Gasteiger partial charge on any atom is -0.507 e. The molecule has 30 heavy (non-hydrogen) atoms. The zero-order valence-corrected chi connectivity index (χ0v) is 17.1. The van der Waals surface area contributed by atoms with Crippen molar-refractivity contribution in [3.63, 3.8) is 0 Å². The highest BCUT2D eigenvalue weighted by molar-refractivity contribution is 6.46. The molecular formula is C24H20ClNO4. The van der Waals surface area contributed by atoms with E-state index in [4.69, 9.17) is 16.3 Å². The van der Waals surface area contributed by atoms with Crippen LogP contribution in [-0.2, 0) is 14.3 Å². The lowest BCUT2D eigenvalue weighted by Crippen LogP contribution is -2.32. The highest BCUT2D eigenvalue weighted by atomic mass is 35.5. The van der Waals surface area contributed by atoms with Crippen molar-refractivity contribution in [1.29, 1.82) is 0 Å². The summed E-state index contributed by atoms with van der Waals surface area (Å²) in [7, 11) is 1.54. The van der Waals surface area contributed by atoms with Crippen molar-refractivity contribution in [2.24, 2.45) is 0 Å². The van der Waals surface area contributed by atoms with Crippen LogP contribution in [0.5, 0.6) is 0 Å². The quantitative estimate of drug-likeness (QED) is 0.372. The van der Waals surface area contributed by atoms with Gasteiger partial charge in [-0.3, -0.25) is 9.59 Å². The molecule has 4 rings (SSSR count). The first kappa shape index (κ1) is 20.1. The number of ether oxygens (including phenoxy) is 1. The topological polar surface area (TPSA) is 66.8 Å². The minimum atomic E-state index is -0.720. The number of aliphatic hydroxyl groups excluding tert-OH is 1. The molecule has 0 bridgehead atoms. The van der Waals surface area contributed by atoms with Crippen molar-refractivity contribution in [3.05, 3.63) is 88.5 Å². The van der Waals surface area contributed by atoms with Gasteiger partial charge in [0.05, 0.1) is 18.2 Å². The van der Waals surface area contributed by atoms with Crippen molar-refractivity contribution >= 4 is 39.8 Å². The molecule has 1 amide bonds. The van der Waals surface area contributed by atoms with Crippen LogP contribution in [0.3, 0.4) is 0 Å². The fourth-order valence-electron chi connectivity index (χ4n) is 3.88. The van der Waals surface area contributed by atoms with Crippen LogP contribution < -0.4 is 0 Å². The third-order valence-electron chi connectivity index (χ3n) is 5.31. The zero-order chi connectivity index (χ0) is 21.3. The van der Waals surface area contributed by atoms with Crippen LogP contribution in [0, 0.1) is 0 Å². The van der Waals surface area contributed by atoms with E-state index in [1.807, 2.05) is 42.5 Å². The van der Waals surface area contributed by atoms with Crippen LogP contribution in [-0.4, -0.2) is 42.0 Å². The summed E-state index contributed by atoms with van der Waals surface area (Å²) in [6.07, 6.45) is 0. The Hall–Kier alpha value is -3.15. The molecule has 3 aromatic carbocycles. The number of hydrogen-bond acceptors (Lipinski definition) is 4. The number of nitrogens with zero attached hydrogens (tertiary/aromatic N) is 1. The molecule has 3 aromatic rings. The first-order valence-corrected chi connectivity index (χ1v) is 9.91. The summed E-state index contributed by atoms with van der Waals surface area (Å²) in [5.41, 5.74) is 1.27. The zero-order valence-electron chi connectivity index (χ0n) is 16.3. The highest BCUT2D eigenvalue weighted by Gasteiger charge is 2.46. The molecule has 5 nitrogen and oxygen atoms in total. The molecule has 1 saturated heterocycles. The molecular weight excluding hydrogens is 402 g/mol. The Morgan fingerprint density at radius 2 is 1.73 bits per heavy atom. The van der Waals surface area contributed by atoms with Crippen molar-refractivity contribution in [1.82, 2.24) is 4.90 Å². The number of fused-ring (bicyclic) bond motifs is 1. The molecule has 1 N–H and O–H groups in total. The third kappa shape index (κ3) is 3.47. The summed E-state index contributed by atoms with van der Waals surface area (Å²) in [5, 5.41) is 13.5. The summed E-state index contributed by atoms with van der Waals surface area (Å²) >= 11 is 5.96. The van der Waals surface area contributed by atoms with Crippen LogP contribution in [0.2, 0.25) is 5.02 Å². The maximum atomic E-state index is 13.0. The van der Waals surface area contributed by atoms with E-state index in [0.717, 1.165) is 16.3 Å². The lowest BCUT2D eigenvalue weighted by atomic mass is 9.91. The molecule has 0 radical (unpaired) electrons. The second kappa shape index (κ2) is 8.30. The average Bonchev–Trinajstić information content (AvgIpc) is 3.02. The van der Waals surface area contributed by atoms with E-state index in [0.29, 0.717) is 10.6 Å². The molecule has 1 fully saturated rings. The molecule has 0 spiro atoms. The summed E-state index contributed by atoms with van der Waals surface area (Å²) in [4.78, 5) is 27.4. The smallest absolute Gasteiger partial charge is 0.295 e. The largest absolute Gasteiger partial charge is 0.507 e. The Labute approximate surface area is 179 Å². The van der Waals surface area contributed by atoms with Gasteiger partial charge < -0.3 is 14.7 Å². The van der Waals surface area contributed by atoms with Crippen LogP contribution in [0.1, 0.15) is 17.2 Å². The Kier molecular flexibility index (Phi) is 5.57. The van der Waals surface area contributed by atoms with E-state index in [1.54, 1.807) is 24.3 Å². The number of carbonyl (C=O) groups is 2. The van der Waals surface area contributed by atoms with Crippen molar-refractivity contribution < 1.29 is 19.4 Å². The second-order valence-electron chi connectivity index (χ2n) is 7.06. The lowest BCUT2D eigenvalue weighted by molar-refractivity contribution is -0.140. The van der Waals surface area contributed by atoms with Gasteiger partial charge in [0.2, 0.25) is 0 Å². The molecule has 0 aromatic heterocycles. The molecule has 152 valence electrons. The summed E-state index contributed by atoms with van der Waals surface area (Å²) in [6, 6.07) is 19.3. The van der Waals surface area contributed by atoms with E-state index in [9.17, 15) is 14.7 Å². The van der Waals surface area contributed by atoms with Gasteiger partial charge in [-0.2, -0.15) is 0 Å². The molecule has 1 aliphatic rings. The first-order chi connectivity index (χ1) is 14.5. The highest BCUT2D eigenvalue weighted by Crippen LogP contribution is 2.41. The molecule has 6 heteroatoms. The van der Waals surface area contributed by atoms with Gasteiger partial charge in [-0.15, -0.1) is 0 Å². The van der Waals surface area contributed by atoms with Crippen LogP contribution in [0.15, 0.2) is 72.3 Å². The minimum absolute atomic E-state index is 0.0646. The number of methoxy groups -OCH3 is 1. The van der Waals surface area contributed by atoms with E-state index < -0.39 is 17.7 Å². The van der Waals surface area contributed by atoms with Crippen molar-refractivity contribution in [2.45, 2.75) is 6.04 Å². The van der Waals surface area contributed by atoms with E-state index in [2.05, 4.69) is 0 Å². The van der Waals surface area contributed by atoms with Crippen molar-refractivity contribution in [3.8, 4) is 0 Å². The Balaban J connectivity index is 1.95. The third-order valence-corrected chi connectivity index (χ3v) is 5.56. The number of ketones is 1. The number of rotatable bonds is 5. The van der Waals surface area contributed by atoms with Crippen LogP contribution in [0.4, 0.5) is 0 Å². The summed E-state index contributed by atoms with van der Waals surface area (Å²) < 4.78 is 5.15. The second-order valence-corrected chi connectivity index (χ2v) is 7.50. The predicted molar refractivity (Wildman–Crippen MR) is 116 cm³/mol. The molecule has 0 saturated carbocycles. The maximum absolute atomic E-state index is 13.0. The number of aliphatic hydroxyl groups is 1. The molecule has 1 heterocycles. The van der Waals surface area contributed by atoms with Gasteiger partial charge in [0, 0.05) is 24.2 Å². The van der Waals surface area contributed by atoms with Gasteiger partial charge in [0.15, 0.2) is 0 Å². The van der Waals surface area contributed by atoms with Gasteiger partial charge in [-0.05, 0) is 40.6 Å². The van der Waals surface area contributed by atoms with Gasteiger partial charge in [-0.1, -0.05) is 54.1 Å². The number of amides is 1. The number of likely N-dealkylation sites (tertiary alicyclic amines) is 1. The van der Waals surface area contributed by atoms with E-state index in [-0.39, 0.29) is 24.5 Å². The first-order valence-electron chi connectivity index (χ1n) is 9.54. The Morgan fingerprint density at radius 1 is 1.03 bits per heavy atom. The van der Waals surface area contributed by atoms with E-state index in [1.165, 1.54) is 12.0 Å². The van der Waals surface area contributed by atoms with Crippen LogP contribution in [0.25, 0.3) is 16.5 Å². The monoisotopic (exact) mass is 421 g/mol. The SMILES string of the molecule is COCCN1C(=O)C(=O)/C(=C(/O)c2ccc(Cl)cc2)[C@H]1c1cccc2ccccc12. The number of Topliss-reactive ketones (excluding diaryl/α,β-unsaturated/α-hetero) is 1. The van der Waals surface area contributed by atoms with Crippen LogP contribution >= 0.6 is 11.6 Å². The predicted octanol–water partition coefficient (Wildman–Crippen LogP) is 4.56. The van der Waals surface area contributed by atoms with E-state index >= 15 is 0 Å². The average molecular weight is 422 g/mol.